The van der Waals surface area contributed by atoms with Gasteiger partial charge in [0.25, 0.3) is 0 Å². The predicted octanol–water partition coefficient (Wildman–Crippen LogP) is 3.73. The van der Waals surface area contributed by atoms with Crippen LogP contribution in [0.15, 0.2) is 54.6 Å². The van der Waals surface area contributed by atoms with E-state index in [0.717, 1.165) is 5.56 Å². The van der Waals surface area contributed by atoms with Crippen molar-refractivity contribution >= 4 is 29.2 Å². The van der Waals surface area contributed by atoms with Gasteiger partial charge in [-0.2, -0.15) is 0 Å². The molecular weight excluding hydrogens is 352 g/mol. The smallest absolute Gasteiger partial charge is 0.306 e. The van der Waals surface area contributed by atoms with Crippen molar-refractivity contribution in [2.45, 2.75) is 19.4 Å². The lowest BCUT2D eigenvalue weighted by Crippen LogP contribution is -2.30. The maximum absolute atomic E-state index is 12.2. The molecule has 2 aromatic carbocycles. The SMILES string of the molecule is COC(=O)CCN(CCC(=O)Nc1cccc(Cl)c1)Cc1ccccc1. The van der Waals surface area contributed by atoms with Gasteiger partial charge in [0, 0.05) is 36.8 Å². The second-order valence-corrected chi connectivity index (χ2v) is 6.33. The van der Waals surface area contributed by atoms with Gasteiger partial charge in [-0.1, -0.05) is 48.0 Å². The molecule has 6 heteroatoms. The molecule has 26 heavy (non-hydrogen) atoms. The van der Waals surface area contributed by atoms with E-state index in [2.05, 4.69) is 10.2 Å². The Morgan fingerprint density at radius 2 is 1.77 bits per heavy atom. The highest BCUT2D eigenvalue weighted by Crippen LogP contribution is 2.15. The Kier molecular flexibility index (Phi) is 8.12. The van der Waals surface area contributed by atoms with Crippen LogP contribution < -0.4 is 5.32 Å². The molecule has 0 heterocycles. The molecule has 2 rings (SSSR count). The third kappa shape index (κ3) is 7.25. The fourth-order valence-electron chi connectivity index (χ4n) is 2.51. The number of esters is 1. The first-order chi connectivity index (χ1) is 12.6. The number of hydrogen-bond donors (Lipinski definition) is 1. The van der Waals surface area contributed by atoms with E-state index in [-0.39, 0.29) is 11.9 Å². The van der Waals surface area contributed by atoms with E-state index in [9.17, 15) is 9.59 Å². The van der Waals surface area contributed by atoms with Gasteiger partial charge in [0.2, 0.25) is 5.91 Å². The molecule has 0 aliphatic carbocycles. The lowest BCUT2D eigenvalue weighted by molar-refractivity contribution is -0.141. The van der Waals surface area contributed by atoms with Crippen LogP contribution in [0.25, 0.3) is 0 Å². The van der Waals surface area contributed by atoms with Gasteiger partial charge in [0.15, 0.2) is 0 Å². The normalized spacial score (nSPS) is 10.6. The van der Waals surface area contributed by atoms with E-state index in [0.29, 0.717) is 43.2 Å². The maximum Gasteiger partial charge on any atom is 0.306 e. The molecule has 2 aromatic rings. The topological polar surface area (TPSA) is 58.6 Å². The van der Waals surface area contributed by atoms with E-state index in [1.54, 1.807) is 24.3 Å². The molecular formula is C20H23ClN2O3. The summed E-state index contributed by atoms with van der Waals surface area (Å²) >= 11 is 5.93. The van der Waals surface area contributed by atoms with Crippen molar-refractivity contribution in [3.8, 4) is 0 Å². The number of ether oxygens (including phenoxy) is 1. The summed E-state index contributed by atoms with van der Waals surface area (Å²) in [6, 6.07) is 17.0. The van der Waals surface area contributed by atoms with Crippen LogP contribution in [0, 0.1) is 0 Å². The zero-order valence-electron chi connectivity index (χ0n) is 14.8. The van der Waals surface area contributed by atoms with E-state index < -0.39 is 0 Å². The minimum Gasteiger partial charge on any atom is -0.469 e. The molecule has 0 saturated carbocycles. The second kappa shape index (κ2) is 10.6. The summed E-state index contributed by atoms with van der Waals surface area (Å²) in [6.07, 6.45) is 0.611. The molecule has 0 aromatic heterocycles. The molecule has 0 atom stereocenters. The van der Waals surface area contributed by atoms with Crippen molar-refractivity contribution in [2.24, 2.45) is 0 Å². The van der Waals surface area contributed by atoms with Gasteiger partial charge in [0.1, 0.15) is 0 Å². The van der Waals surface area contributed by atoms with Crippen LogP contribution in [0.5, 0.6) is 0 Å². The number of amides is 1. The van der Waals surface area contributed by atoms with E-state index >= 15 is 0 Å². The zero-order valence-corrected chi connectivity index (χ0v) is 15.5. The highest BCUT2D eigenvalue weighted by Gasteiger charge is 2.12. The Labute approximate surface area is 158 Å². The summed E-state index contributed by atoms with van der Waals surface area (Å²) in [5.41, 5.74) is 1.80. The van der Waals surface area contributed by atoms with Crippen molar-refractivity contribution in [1.82, 2.24) is 4.90 Å². The first-order valence-electron chi connectivity index (χ1n) is 8.45. The molecule has 0 aliphatic heterocycles. The third-order valence-corrected chi connectivity index (χ3v) is 4.11. The number of carbonyl (C=O) groups excluding carboxylic acids is 2. The first-order valence-corrected chi connectivity index (χ1v) is 8.83. The van der Waals surface area contributed by atoms with Gasteiger partial charge in [-0.25, -0.2) is 0 Å². The molecule has 0 fully saturated rings. The molecule has 0 spiro atoms. The summed E-state index contributed by atoms with van der Waals surface area (Å²) in [4.78, 5) is 25.7. The molecule has 0 radical (unpaired) electrons. The van der Waals surface area contributed by atoms with Gasteiger partial charge in [0.05, 0.1) is 13.5 Å². The van der Waals surface area contributed by atoms with Gasteiger partial charge in [-0.05, 0) is 23.8 Å². The maximum atomic E-state index is 12.2. The summed E-state index contributed by atoms with van der Waals surface area (Å²) in [5.74, 6) is -0.352. The fourth-order valence-corrected chi connectivity index (χ4v) is 2.70. The molecule has 0 aliphatic rings. The van der Waals surface area contributed by atoms with Crippen LogP contribution in [0.3, 0.4) is 0 Å². The van der Waals surface area contributed by atoms with Gasteiger partial charge in [-0.15, -0.1) is 0 Å². The summed E-state index contributed by atoms with van der Waals surface area (Å²) in [7, 11) is 1.38. The third-order valence-electron chi connectivity index (χ3n) is 3.87. The van der Waals surface area contributed by atoms with Crippen molar-refractivity contribution in [2.75, 3.05) is 25.5 Å². The van der Waals surface area contributed by atoms with Crippen LogP contribution in [0.4, 0.5) is 5.69 Å². The van der Waals surface area contributed by atoms with Gasteiger partial charge < -0.3 is 10.1 Å². The van der Waals surface area contributed by atoms with Crippen LogP contribution in [-0.2, 0) is 20.9 Å². The standard InChI is InChI=1S/C20H23ClN2O3/c1-26-20(25)11-13-23(15-16-6-3-2-4-7-16)12-10-19(24)22-18-9-5-8-17(21)14-18/h2-9,14H,10-13,15H2,1H3,(H,22,24). The number of halogens is 1. The Bertz CT molecular complexity index is 722. The van der Waals surface area contributed by atoms with Crippen LogP contribution in [0.1, 0.15) is 18.4 Å². The van der Waals surface area contributed by atoms with Crippen molar-refractivity contribution in [3.63, 3.8) is 0 Å². The monoisotopic (exact) mass is 374 g/mol. The van der Waals surface area contributed by atoms with Gasteiger partial charge >= 0.3 is 5.97 Å². The molecule has 0 unspecified atom stereocenters. The summed E-state index contributed by atoms with van der Waals surface area (Å²) in [6.45, 7) is 1.74. The lowest BCUT2D eigenvalue weighted by atomic mass is 10.2. The van der Waals surface area contributed by atoms with Crippen molar-refractivity contribution in [3.05, 3.63) is 65.2 Å². The number of hydrogen-bond acceptors (Lipinski definition) is 4. The zero-order chi connectivity index (χ0) is 18.8. The first kappa shape index (κ1) is 19.9. The highest BCUT2D eigenvalue weighted by atomic mass is 35.5. The van der Waals surface area contributed by atoms with E-state index in [4.69, 9.17) is 16.3 Å². The number of nitrogens with one attached hydrogen (secondary N) is 1. The number of methoxy groups -OCH3 is 1. The molecule has 138 valence electrons. The van der Waals surface area contributed by atoms with Crippen LogP contribution in [0.2, 0.25) is 5.02 Å². The summed E-state index contributed by atoms with van der Waals surface area (Å²) < 4.78 is 4.71. The number of nitrogens with zero attached hydrogens (tertiary/aromatic N) is 1. The van der Waals surface area contributed by atoms with Crippen LogP contribution in [-0.4, -0.2) is 37.0 Å². The van der Waals surface area contributed by atoms with Crippen LogP contribution >= 0.6 is 11.6 Å². The Hall–Kier alpha value is -2.37. The van der Waals surface area contributed by atoms with Crippen molar-refractivity contribution < 1.29 is 14.3 Å². The molecule has 1 amide bonds. The highest BCUT2D eigenvalue weighted by molar-refractivity contribution is 6.30. The predicted molar refractivity (Wildman–Crippen MR) is 103 cm³/mol. The molecule has 1 N–H and O–H groups in total. The number of benzene rings is 2. The molecule has 0 bridgehead atoms. The molecule has 0 saturated heterocycles. The number of carbonyl (C=O) groups is 2. The fraction of sp³-hybridized carbons (Fsp3) is 0.300. The van der Waals surface area contributed by atoms with Crippen molar-refractivity contribution in [1.29, 1.82) is 0 Å². The minimum absolute atomic E-state index is 0.0941. The van der Waals surface area contributed by atoms with E-state index in [1.807, 2.05) is 30.3 Å². The Balaban J connectivity index is 1.89. The Morgan fingerprint density at radius 1 is 1.04 bits per heavy atom. The minimum atomic E-state index is -0.258. The average molecular weight is 375 g/mol. The van der Waals surface area contributed by atoms with Gasteiger partial charge in [-0.3, -0.25) is 14.5 Å². The Morgan fingerprint density at radius 3 is 2.46 bits per heavy atom. The largest absolute Gasteiger partial charge is 0.469 e. The molecule has 5 nitrogen and oxygen atoms in total. The lowest BCUT2D eigenvalue weighted by Gasteiger charge is -2.21. The average Bonchev–Trinajstić information content (AvgIpc) is 2.64. The van der Waals surface area contributed by atoms with E-state index in [1.165, 1.54) is 7.11 Å². The number of rotatable bonds is 9. The summed E-state index contributed by atoms with van der Waals surface area (Å²) in [5, 5.41) is 3.41. The number of anilines is 1. The second-order valence-electron chi connectivity index (χ2n) is 5.90. The quantitative estimate of drug-likeness (QED) is 0.679.